The van der Waals surface area contributed by atoms with Gasteiger partial charge in [-0.3, -0.25) is 9.59 Å². The van der Waals surface area contributed by atoms with Gasteiger partial charge in [-0.1, -0.05) is 11.8 Å². The van der Waals surface area contributed by atoms with Gasteiger partial charge in [0.25, 0.3) is 5.91 Å². The number of rotatable bonds is 7. The molecule has 1 aliphatic rings. The average Bonchev–Trinajstić information content (AvgIpc) is 3.33. The molecule has 3 heterocycles. The molecular formula is C16H18N4O4S. The standard InChI is InChI=1S/C16H18N4O4S/c21-14(17-9-11-3-1-7-23-11)10-25-15-6-5-13(19-20-15)18-16(22)12-4-2-8-24-12/h2,4-6,8,11H,1,3,7,9-10H2,(H,17,21)(H,18,19,22)/t11-/m0/s1. The van der Waals surface area contributed by atoms with Crippen molar-refractivity contribution in [2.24, 2.45) is 0 Å². The molecule has 132 valence electrons. The lowest BCUT2D eigenvalue weighted by molar-refractivity contribution is -0.119. The Morgan fingerprint density at radius 3 is 2.88 bits per heavy atom. The maximum absolute atomic E-state index is 11.8. The SMILES string of the molecule is O=C(CSc1ccc(NC(=O)c2ccco2)nn1)NC[C@@H]1CCCO1. The van der Waals surface area contributed by atoms with E-state index in [9.17, 15) is 9.59 Å². The van der Waals surface area contributed by atoms with E-state index in [0.717, 1.165) is 19.4 Å². The number of carbonyl (C=O) groups excluding carboxylic acids is 2. The Labute approximate surface area is 148 Å². The van der Waals surface area contributed by atoms with Crippen molar-refractivity contribution >= 4 is 29.4 Å². The van der Waals surface area contributed by atoms with Crippen LogP contribution in [0.2, 0.25) is 0 Å². The van der Waals surface area contributed by atoms with Crippen molar-refractivity contribution in [3.8, 4) is 0 Å². The summed E-state index contributed by atoms with van der Waals surface area (Å²) in [5, 5.41) is 13.9. The quantitative estimate of drug-likeness (QED) is 0.722. The summed E-state index contributed by atoms with van der Waals surface area (Å²) in [6, 6.07) is 6.51. The monoisotopic (exact) mass is 362 g/mol. The second-order valence-corrected chi connectivity index (χ2v) is 6.41. The van der Waals surface area contributed by atoms with Crippen molar-refractivity contribution in [1.82, 2.24) is 15.5 Å². The number of nitrogens with zero attached hydrogens (tertiary/aromatic N) is 2. The van der Waals surface area contributed by atoms with Crippen molar-refractivity contribution < 1.29 is 18.7 Å². The first-order valence-electron chi connectivity index (χ1n) is 7.90. The summed E-state index contributed by atoms with van der Waals surface area (Å²) in [5.41, 5.74) is 0. The summed E-state index contributed by atoms with van der Waals surface area (Å²) < 4.78 is 10.5. The third-order valence-electron chi connectivity index (χ3n) is 3.53. The van der Waals surface area contributed by atoms with Gasteiger partial charge in [0.15, 0.2) is 11.6 Å². The fourth-order valence-electron chi connectivity index (χ4n) is 2.27. The summed E-state index contributed by atoms with van der Waals surface area (Å²) >= 11 is 1.28. The summed E-state index contributed by atoms with van der Waals surface area (Å²) in [7, 11) is 0. The number of ether oxygens (including phenoxy) is 1. The van der Waals surface area contributed by atoms with E-state index in [1.165, 1.54) is 18.0 Å². The van der Waals surface area contributed by atoms with Gasteiger partial charge in [-0.05, 0) is 37.1 Å². The maximum atomic E-state index is 11.8. The number of thioether (sulfide) groups is 1. The highest BCUT2D eigenvalue weighted by Gasteiger charge is 2.16. The molecule has 0 aromatic carbocycles. The zero-order chi connectivity index (χ0) is 17.5. The van der Waals surface area contributed by atoms with Crippen molar-refractivity contribution in [3.05, 3.63) is 36.3 Å². The zero-order valence-corrected chi connectivity index (χ0v) is 14.3. The van der Waals surface area contributed by atoms with Crippen LogP contribution in [0.4, 0.5) is 5.82 Å². The first kappa shape index (κ1) is 17.4. The molecule has 9 heteroatoms. The van der Waals surface area contributed by atoms with Gasteiger partial charge in [0.2, 0.25) is 5.91 Å². The minimum Gasteiger partial charge on any atom is -0.459 e. The highest BCUT2D eigenvalue weighted by molar-refractivity contribution is 7.99. The molecule has 2 amide bonds. The van der Waals surface area contributed by atoms with Crippen LogP contribution in [-0.4, -0.2) is 47.0 Å². The van der Waals surface area contributed by atoms with Crippen LogP contribution in [0.1, 0.15) is 23.4 Å². The Kier molecular flexibility index (Phi) is 6.02. The minimum atomic E-state index is -0.395. The van der Waals surface area contributed by atoms with Gasteiger partial charge in [0.1, 0.15) is 5.03 Å². The number of amides is 2. The summed E-state index contributed by atoms with van der Waals surface area (Å²) in [6.45, 7) is 1.32. The number of hydrogen-bond acceptors (Lipinski definition) is 7. The number of carbonyl (C=O) groups is 2. The molecule has 3 rings (SSSR count). The molecule has 0 unspecified atom stereocenters. The van der Waals surface area contributed by atoms with Gasteiger partial charge in [0, 0.05) is 13.2 Å². The predicted molar refractivity (Wildman–Crippen MR) is 91.4 cm³/mol. The molecule has 0 aliphatic carbocycles. The van der Waals surface area contributed by atoms with Crippen molar-refractivity contribution in [3.63, 3.8) is 0 Å². The van der Waals surface area contributed by atoms with E-state index >= 15 is 0 Å². The normalized spacial score (nSPS) is 16.6. The van der Waals surface area contributed by atoms with Crippen LogP contribution < -0.4 is 10.6 Å². The van der Waals surface area contributed by atoms with Crippen LogP contribution in [0.25, 0.3) is 0 Å². The summed E-state index contributed by atoms with van der Waals surface area (Å²) in [6.07, 6.45) is 3.59. The topological polar surface area (TPSA) is 106 Å². The fraction of sp³-hybridized carbons (Fsp3) is 0.375. The average molecular weight is 362 g/mol. The van der Waals surface area contributed by atoms with Crippen molar-refractivity contribution in [2.45, 2.75) is 24.0 Å². The van der Waals surface area contributed by atoms with Crippen LogP contribution in [0.3, 0.4) is 0 Å². The second kappa shape index (κ2) is 8.63. The van der Waals surface area contributed by atoms with Crippen LogP contribution >= 0.6 is 11.8 Å². The van der Waals surface area contributed by atoms with Gasteiger partial charge in [-0.2, -0.15) is 0 Å². The van der Waals surface area contributed by atoms with Gasteiger partial charge in [0.05, 0.1) is 18.1 Å². The third kappa shape index (κ3) is 5.30. The van der Waals surface area contributed by atoms with Gasteiger partial charge >= 0.3 is 0 Å². The maximum Gasteiger partial charge on any atom is 0.292 e. The summed E-state index contributed by atoms with van der Waals surface area (Å²) in [5.74, 6) is 0.293. The third-order valence-corrected chi connectivity index (χ3v) is 4.45. The first-order valence-corrected chi connectivity index (χ1v) is 8.89. The van der Waals surface area contributed by atoms with Crippen LogP contribution in [-0.2, 0) is 9.53 Å². The number of nitrogens with one attached hydrogen (secondary N) is 2. The van der Waals surface area contributed by atoms with Crippen LogP contribution in [0.5, 0.6) is 0 Å². The van der Waals surface area contributed by atoms with E-state index in [1.54, 1.807) is 24.3 Å². The van der Waals surface area contributed by atoms with Crippen LogP contribution in [0, 0.1) is 0 Å². The zero-order valence-electron chi connectivity index (χ0n) is 13.4. The van der Waals surface area contributed by atoms with E-state index in [2.05, 4.69) is 20.8 Å². The molecule has 1 saturated heterocycles. The lowest BCUT2D eigenvalue weighted by Gasteiger charge is -2.10. The molecule has 1 aliphatic heterocycles. The first-order chi connectivity index (χ1) is 12.2. The van der Waals surface area contributed by atoms with E-state index in [4.69, 9.17) is 9.15 Å². The predicted octanol–water partition coefficient (Wildman–Crippen LogP) is 1.71. The Hall–Kier alpha value is -2.39. The lowest BCUT2D eigenvalue weighted by Crippen LogP contribution is -2.32. The largest absolute Gasteiger partial charge is 0.459 e. The number of hydrogen-bond donors (Lipinski definition) is 2. The molecule has 2 N–H and O–H groups in total. The lowest BCUT2D eigenvalue weighted by atomic mass is 10.2. The molecule has 2 aromatic rings. The molecule has 1 atom stereocenters. The van der Waals surface area contributed by atoms with Gasteiger partial charge < -0.3 is 19.8 Å². The van der Waals surface area contributed by atoms with E-state index in [0.29, 0.717) is 17.4 Å². The highest BCUT2D eigenvalue weighted by Crippen LogP contribution is 2.16. The Balaban J connectivity index is 1.41. The molecular weight excluding hydrogens is 344 g/mol. The second-order valence-electron chi connectivity index (χ2n) is 5.42. The van der Waals surface area contributed by atoms with Gasteiger partial charge in [-0.15, -0.1) is 10.2 Å². The molecule has 8 nitrogen and oxygen atoms in total. The Bertz CT molecular complexity index is 699. The molecule has 2 aromatic heterocycles. The highest BCUT2D eigenvalue weighted by atomic mass is 32.2. The molecule has 0 radical (unpaired) electrons. The van der Waals surface area contributed by atoms with Crippen molar-refractivity contribution in [2.75, 3.05) is 24.2 Å². The molecule has 0 spiro atoms. The van der Waals surface area contributed by atoms with E-state index < -0.39 is 5.91 Å². The van der Waals surface area contributed by atoms with E-state index in [-0.39, 0.29) is 23.5 Å². The smallest absolute Gasteiger partial charge is 0.292 e. The Morgan fingerprint density at radius 2 is 2.20 bits per heavy atom. The summed E-state index contributed by atoms with van der Waals surface area (Å²) in [4.78, 5) is 23.6. The van der Waals surface area contributed by atoms with Gasteiger partial charge in [-0.25, -0.2) is 0 Å². The number of furan rings is 1. The fourth-order valence-corrected chi connectivity index (χ4v) is 2.92. The minimum absolute atomic E-state index is 0.0718. The Morgan fingerprint density at radius 1 is 1.28 bits per heavy atom. The molecule has 25 heavy (non-hydrogen) atoms. The molecule has 1 fully saturated rings. The van der Waals surface area contributed by atoms with Crippen LogP contribution in [0.15, 0.2) is 40.0 Å². The number of aromatic nitrogens is 2. The van der Waals surface area contributed by atoms with Crippen molar-refractivity contribution in [1.29, 1.82) is 0 Å². The molecule has 0 saturated carbocycles. The van der Waals surface area contributed by atoms with E-state index in [1.807, 2.05) is 0 Å². The molecule has 0 bridgehead atoms. The number of anilines is 1.